The number of nitrogens with zero attached hydrogens (tertiary/aromatic N) is 2. The molecule has 1 aromatic heterocycles. The number of rotatable bonds is 5. The van der Waals surface area contributed by atoms with Gasteiger partial charge < -0.3 is 21.0 Å². The predicted molar refractivity (Wildman–Crippen MR) is 71.9 cm³/mol. The number of oxime groups is 1. The van der Waals surface area contributed by atoms with Crippen molar-refractivity contribution in [1.29, 1.82) is 0 Å². The van der Waals surface area contributed by atoms with E-state index in [0.717, 1.165) is 0 Å². The number of para-hydroxylation sites is 2. The number of amidine groups is 1. The van der Waals surface area contributed by atoms with Gasteiger partial charge in [0.1, 0.15) is 12.4 Å². The van der Waals surface area contributed by atoms with Crippen molar-refractivity contribution in [2.75, 3.05) is 11.9 Å². The first-order valence-corrected chi connectivity index (χ1v) is 5.69. The standard InChI is InChI=1S/C12H13N5O3/c13-11(17-19)7-20-10-4-2-1-3-9(10)16-12(18)8-5-14-15-6-8/h1-6,19H,7H2,(H2,13,17)(H,14,15)(H,16,18). The van der Waals surface area contributed by atoms with Gasteiger partial charge in [0, 0.05) is 6.20 Å². The summed E-state index contributed by atoms with van der Waals surface area (Å²) in [7, 11) is 0. The molecule has 0 unspecified atom stereocenters. The van der Waals surface area contributed by atoms with Crippen molar-refractivity contribution < 1.29 is 14.7 Å². The van der Waals surface area contributed by atoms with E-state index in [9.17, 15) is 4.79 Å². The Labute approximate surface area is 114 Å². The van der Waals surface area contributed by atoms with Gasteiger partial charge in [-0.25, -0.2) is 0 Å². The minimum absolute atomic E-state index is 0.0686. The molecule has 0 aliphatic heterocycles. The number of anilines is 1. The second-order valence-electron chi connectivity index (χ2n) is 3.82. The van der Waals surface area contributed by atoms with Gasteiger partial charge in [-0.1, -0.05) is 17.3 Å². The molecule has 0 bridgehead atoms. The van der Waals surface area contributed by atoms with E-state index in [0.29, 0.717) is 17.0 Å². The molecule has 1 aromatic carbocycles. The van der Waals surface area contributed by atoms with Gasteiger partial charge in [0.25, 0.3) is 5.91 Å². The van der Waals surface area contributed by atoms with E-state index in [1.807, 2.05) is 0 Å². The topological polar surface area (TPSA) is 126 Å². The summed E-state index contributed by atoms with van der Waals surface area (Å²) in [6.07, 6.45) is 2.89. The molecule has 20 heavy (non-hydrogen) atoms. The molecule has 1 heterocycles. The van der Waals surface area contributed by atoms with E-state index in [-0.39, 0.29) is 18.3 Å². The lowest BCUT2D eigenvalue weighted by molar-refractivity contribution is 0.102. The van der Waals surface area contributed by atoms with E-state index in [1.54, 1.807) is 24.3 Å². The smallest absolute Gasteiger partial charge is 0.258 e. The van der Waals surface area contributed by atoms with Gasteiger partial charge in [0.15, 0.2) is 5.84 Å². The summed E-state index contributed by atoms with van der Waals surface area (Å²) >= 11 is 0. The number of aromatic nitrogens is 2. The molecule has 0 spiro atoms. The number of ether oxygens (including phenoxy) is 1. The molecule has 0 fully saturated rings. The van der Waals surface area contributed by atoms with Gasteiger partial charge in [-0.2, -0.15) is 5.10 Å². The molecule has 0 radical (unpaired) electrons. The molecule has 2 rings (SSSR count). The Morgan fingerprint density at radius 2 is 2.30 bits per heavy atom. The van der Waals surface area contributed by atoms with Crippen molar-refractivity contribution in [2.45, 2.75) is 0 Å². The van der Waals surface area contributed by atoms with Crippen LogP contribution in [0, 0.1) is 0 Å². The Hall–Kier alpha value is -3.03. The first-order valence-electron chi connectivity index (χ1n) is 5.69. The molecule has 5 N–H and O–H groups in total. The molecular weight excluding hydrogens is 262 g/mol. The zero-order valence-electron chi connectivity index (χ0n) is 10.4. The van der Waals surface area contributed by atoms with Crippen LogP contribution in [-0.4, -0.2) is 33.8 Å². The highest BCUT2D eigenvalue weighted by Crippen LogP contribution is 2.24. The minimum atomic E-state index is -0.321. The Balaban J connectivity index is 2.09. The second-order valence-corrected chi connectivity index (χ2v) is 3.82. The quantitative estimate of drug-likeness (QED) is 0.278. The summed E-state index contributed by atoms with van der Waals surface area (Å²) in [5, 5.41) is 20.2. The third kappa shape index (κ3) is 3.25. The highest BCUT2D eigenvalue weighted by atomic mass is 16.5. The van der Waals surface area contributed by atoms with Crippen LogP contribution in [0.4, 0.5) is 5.69 Å². The van der Waals surface area contributed by atoms with Crippen molar-refractivity contribution >= 4 is 17.4 Å². The van der Waals surface area contributed by atoms with Crippen molar-refractivity contribution in [2.24, 2.45) is 10.9 Å². The Morgan fingerprint density at radius 3 is 3.00 bits per heavy atom. The van der Waals surface area contributed by atoms with Crippen LogP contribution in [0.15, 0.2) is 41.8 Å². The lowest BCUT2D eigenvalue weighted by atomic mass is 10.2. The van der Waals surface area contributed by atoms with Gasteiger partial charge in [-0.05, 0) is 12.1 Å². The van der Waals surface area contributed by atoms with Gasteiger partial charge >= 0.3 is 0 Å². The maximum absolute atomic E-state index is 11.9. The molecule has 8 heteroatoms. The van der Waals surface area contributed by atoms with Crippen molar-refractivity contribution in [3.05, 3.63) is 42.2 Å². The first kappa shape index (κ1) is 13.4. The number of H-pyrrole nitrogens is 1. The molecule has 2 aromatic rings. The SMILES string of the molecule is NC(COc1ccccc1NC(=O)c1cn[nH]c1)=NO. The minimum Gasteiger partial charge on any atom is -0.483 e. The summed E-state index contributed by atoms with van der Waals surface area (Å²) in [5.74, 6) is 0.0236. The lowest BCUT2D eigenvalue weighted by Crippen LogP contribution is -2.21. The van der Waals surface area contributed by atoms with E-state index < -0.39 is 0 Å². The molecule has 1 amide bonds. The fourth-order valence-corrected chi connectivity index (χ4v) is 1.45. The van der Waals surface area contributed by atoms with Crippen LogP contribution < -0.4 is 15.8 Å². The Kier molecular flexibility index (Phi) is 4.17. The van der Waals surface area contributed by atoms with Crippen molar-refractivity contribution in [1.82, 2.24) is 10.2 Å². The third-order valence-electron chi connectivity index (χ3n) is 2.40. The number of hydrogen-bond donors (Lipinski definition) is 4. The molecule has 0 aliphatic rings. The first-order chi connectivity index (χ1) is 9.70. The average molecular weight is 275 g/mol. The third-order valence-corrected chi connectivity index (χ3v) is 2.40. The van der Waals surface area contributed by atoms with Crippen LogP contribution in [0.3, 0.4) is 0 Å². The number of nitrogens with one attached hydrogen (secondary N) is 2. The molecule has 104 valence electrons. The van der Waals surface area contributed by atoms with E-state index >= 15 is 0 Å². The van der Waals surface area contributed by atoms with Crippen LogP contribution in [0.25, 0.3) is 0 Å². The van der Waals surface area contributed by atoms with Crippen LogP contribution in [0.2, 0.25) is 0 Å². The molecule has 8 nitrogen and oxygen atoms in total. The number of benzene rings is 1. The van der Waals surface area contributed by atoms with Crippen molar-refractivity contribution in [3.8, 4) is 5.75 Å². The molecule has 0 aliphatic carbocycles. The van der Waals surface area contributed by atoms with Crippen LogP contribution in [0.5, 0.6) is 5.75 Å². The highest BCUT2D eigenvalue weighted by Gasteiger charge is 2.10. The summed E-state index contributed by atoms with van der Waals surface area (Å²) in [4.78, 5) is 11.9. The van der Waals surface area contributed by atoms with Gasteiger partial charge in [-0.15, -0.1) is 0 Å². The van der Waals surface area contributed by atoms with Crippen LogP contribution in [0.1, 0.15) is 10.4 Å². The van der Waals surface area contributed by atoms with E-state index in [2.05, 4.69) is 20.7 Å². The fourth-order valence-electron chi connectivity index (χ4n) is 1.45. The number of carbonyl (C=O) groups excluding carboxylic acids is 1. The largest absolute Gasteiger partial charge is 0.483 e. The average Bonchev–Trinajstić information content (AvgIpc) is 3.00. The number of amides is 1. The normalized spacial score (nSPS) is 11.1. The number of nitrogens with two attached hydrogens (primary N) is 1. The number of hydrogen-bond acceptors (Lipinski definition) is 5. The van der Waals surface area contributed by atoms with Crippen molar-refractivity contribution in [3.63, 3.8) is 0 Å². The zero-order valence-corrected chi connectivity index (χ0v) is 10.4. The summed E-state index contributed by atoms with van der Waals surface area (Å²) in [6.45, 7) is -0.0882. The molecule has 0 atom stereocenters. The second kappa shape index (κ2) is 6.23. The lowest BCUT2D eigenvalue weighted by Gasteiger charge is -2.11. The predicted octanol–water partition coefficient (Wildman–Crippen LogP) is 0.787. The van der Waals surface area contributed by atoms with E-state index in [4.69, 9.17) is 15.7 Å². The molecular formula is C12H13N5O3. The Bertz CT molecular complexity index is 609. The van der Waals surface area contributed by atoms with Gasteiger partial charge in [0.2, 0.25) is 0 Å². The van der Waals surface area contributed by atoms with Gasteiger partial charge in [0.05, 0.1) is 17.4 Å². The number of carbonyl (C=O) groups is 1. The molecule has 0 saturated carbocycles. The number of aromatic amines is 1. The van der Waals surface area contributed by atoms with Gasteiger partial charge in [-0.3, -0.25) is 9.89 Å². The zero-order chi connectivity index (χ0) is 14.4. The maximum atomic E-state index is 11.9. The fraction of sp³-hybridized carbons (Fsp3) is 0.0833. The summed E-state index contributed by atoms with van der Waals surface area (Å²) < 4.78 is 5.35. The highest BCUT2D eigenvalue weighted by molar-refractivity contribution is 6.04. The van der Waals surface area contributed by atoms with Crippen LogP contribution in [-0.2, 0) is 0 Å². The Morgan fingerprint density at radius 1 is 1.50 bits per heavy atom. The monoisotopic (exact) mass is 275 g/mol. The van der Waals surface area contributed by atoms with Crippen LogP contribution >= 0.6 is 0 Å². The molecule has 0 saturated heterocycles. The van der Waals surface area contributed by atoms with E-state index in [1.165, 1.54) is 12.4 Å². The summed E-state index contributed by atoms with van der Waals surface area (Å²) in [6, 6.07) is 6.84. The maximum Gasteiger partial charge on any atom is 0.258 e. The summed E-state index contributed by atoms with van der Waals surface area (Å²) in [5.41, 5.74) is 6.20.